The fraction of sp³-hybridized carbons (Fsp3) is 0.500. The molecular formula is C16H20N2O2. The molecule has 0 amide bonds. The van der Waals surface area contributed by atoms with Gasteiger partial charge < -0.3 is 9.42 Å². The van der Waals surface area contributed by atoms with Crippen LogP contribution in [0.1, 0.15) is 36.7 Å². The lowest BCUT2D eigenvalue weighted by molar-refractivity contribution is 0.0850. The molecule has 1 aromatic heterocycles. The first-order valence-electron chi connectivity index (χ1n) is 7.40. The number of Topliss-reactive ketones (excluding diaryl/α,β-unsaturated/α-hetero) is 1. The first-order chi connectivity index (χ1) is 9.79. The molecule has 0 spiro atoms. The second-order valence-corrected chi connectivity index (χ2v) is 5.51. The van der Waals surface area contributed by atoms with Crippen LogP contribution < -0.4 is 0 Å². The lowest BCUT2D eigenvalue weighted by Crippen LogP contribution is -2.30. The average molecular weight is 272 g/mol. The normalized spacial score (nSPS) is 17.6. The molecule has 106 valence electrons. The maximum Gasteiger partial charge on any atom is 0.210 e. The Balaban J connectivity index is 1.82. The van der Waals surface area contributed by atoms with Gasteiger partial charge in [0.05, 0.1) is 5.39 Å². The van der Waals surface area contributed by atoms with E-state index in [1.165, 1.54) is 12.8 Å². The van der Waals surface area contributed by atoms with Gasteiger partial charge in [0, 0.05) is 12.5 Å². The first kappa shape index (κ1) is 13.3. The first-order valence-corrected chi connectivity index (χ1v) is 7.40. The zero-order valence-corrected chi connectivity index (χ0v) is 11.8. The highest BCUT2D eigenvalue weighted by molar-refractivity contribution is 6.05. The van der Waals surface area contributed by atoms with E-state index >= 15 is 0 Å². The summed E-state index contributed by atoms with van der Waals surface area (Å²) in [7, 11) is 0. The van der Waals surface area contributed by atoms with Crippen LogP contribution in [-0.2, 0) is 0 Å². The number of benzene rings is 1. The number of nitrogens with zero attached hydrogens (tertiary/aromatic N) is 2. The molecule has 0 saturated carbocycles. The van der Waals surface area contributed by atoms with E-state index in [2.05, 4.69) is 17.0 Å². The summed E-state index contributed by atoms with van der Waals surface area (Å²) in [6, 6.07) is 7.59. The predicted octanol–water partition coefficient (Wildman–Crippen LogP) is 3.13. The molecule has 2 heterocycles. The number of likely N-dealkylation sites (tertiary alicyclic amines) is 1. The largest absolute Gasteiger partial charge is 0.352 e. The van der Waals surface area contributed by atoms with E-state index in [1.807, 2.05) is 24.3 Å². The van der Waals surface area contributed by atoms with Crippen molar-refractivity contribution < 1.29 is 9.32 Å². The second-order valence-electron chi connectivity index (χ2n) is 5.51. The Morgan fingerprint density at radius 2 is 2.10 bits per heavy atom. The molecule has 0 bridgehead atoms. The third-order valence-corrected chi connectivity index (χ3v) is 4.15. The van der Waals surface area contributed by atoms with Crippen LogP contribution in [0.4, 0.5) is 0 Å². The summed E-state index contributed by atoms with van der Waals surface area (Å²) in [6.45, 7) is 5.13. The van der Waals surface area contributed by atoms with E-state index in [-0.39, 0.29) is 11.7 Å². The van der Waals surface area contributed by atoms with E-state index in [1.54, 1.807) is 0 Å². The van der Waals surface area contributed by atoms with Crippen molar-refractivity contribution in [2.24, 2.45) is 5.92 Å². The molecule has 0 aliphatic carbocycles. The van der Waals surface area contributed by atoms with Gasteiger partial charge >= 0.3 is 0 Å². The minimum atomic E-state index is 0.00413. The summed E-state index contributed by atoms with van der Waals surface area (Å²) in [5.41, 5.74) is 0.756. The Kier molecular flexibility index (Phi) is 3.83. The maximum atomic E-state index is 12.7. The van der Waals surface area contributed by atoms with E-state index in [9.17, 15) is 4.79 Å². The van der Waals surface area contributed by atoms with Gasteiger partial charge in [-0.3, -0.25) is 4.79 Å². The maximum absolute atomic E-state index is 12.7. The van der Waals surface area contributed by atoms with Crippen LogP contribution in [0.2, 0.25) is 0 Å². The number of aromatic nitrogens is 1. The molecule has 0 radical (unpaired) electrons. The molecule has 1 aliphatic heterocycles. The quantitative estimate of drug-likeness (QED) is 0.784. The van der Waals surface area contributed by atoms with Crippen LogP contribution in [-0.4, -0.2) is 35.5 Å². The van der Waals surface area contributed by atoms with Crippen LogP contribution in [0.15, 0.2) is 28.8 Å². The number of ketones is 1. The van der Waals surface area contributed by atoms with Crippen molar-refractivity contribution in [3.8, 4) is 0 Å². The van der Waals surface area contributed by atoms with E-state index in [0.717, 1.165) is 37.0 Å². The summed E-state index contributed by atoms with van der Waals surface area (Å²) in [5.74, 6) is 0.518. The lowest BCUT2D eigenvalue weighted by Gasteiger charge is -2.20. The van der Waals surface area contributed by atoms with E-state index in [0.29, 0.717) is 5.76 Å². The Bertz CT molecular complexity index is 599. The van der Waals surface area contributed by atoms with E-state index in [4.69, 9.17) is 4.52 Å². The highest BCUT2D eigenvalue weighted by atomic mass is 16.5. The van der Waals surface area contributed by atoms with Crippen molar-refractivity contribution in [1.29, 1.82) is 0 Å². The third kappa shape index (κ3) is 2.48. The fourth-order valence-corrected chi connectivity index (χ4v) is 2.93. The number of hydrogen-bond acceptors (Lipinski definition) is 4. The van der Waals surface area contributed by atoms with Gasteiger partial charge in [0.15, 0.2) is 0 Å². The van der Waals surface area contributed by atoms with Gasteiger partial charge in [-0.05, 0) is 44.5 Å². The molecule has 1 aromatic carbocycles. The molecule has 1 saturated heterocycles. The van der Waals surface area contributed by atoms with Gasteiger partial charge in [0.25, 0.3) is 0 Å². The smallest absolute Gasteiger partial charge is 0.210 e. The molecule has 1 unspecified atom stereocenters. The Morgan fingerprint density at radius 1 is 1.35 bits per heavy atom. The van der Waals surface area contributed by atoms with Gasteiger partial charge in [0.2, 0.25) is 11.5 Å². The highest BCUT2D eigenvalue weighted by Crippen LogP contribution is 2.23. The summed E-state index contributed by atoms with van der Waals surface area (Å²) in [4.78, 5) is 15.1. The van der Waals surface area contributed by atoms with E-state index < -0.39 is 0 Å². The van der Waals surface area contributed by atoms with Crippen molar-refractivity contribution in [3.63, 3.8) is 0 Å². The summed E-state index contributed by atoms with van der Waals surface area (Å²) >= 11 is 0. The monoisotopic (exact) mass is 272 g/mol. The Morgan fingerprint density at radius 3 is 2.85 bits per heavy atom. The fourth-order valence-electron chi connectivity index (χ4n) is 2.93. The second kappa shape index (κ2) is 5.75. The molecule has 2 aromatic rings. The number of rotatable bonds is 5. The molecule has 1 fully saturated rings. The van der Waals surface area contributed by atoms with Crippen molar-refractivity contribution >= 4 is 16.7 Å². The molecule has 1 atom stereocenters. The zero-order chi connectivity index (χ0) is 13.9. The predicted molar refractivity (Wildman–Crippen MR) is 77.8 cm³/mol. The standard InChI is InChI=1S/C16H20N2O2/c1-2-12(11-18-9-5-6-10-18)15(19)16-13-7-3-4-8-14(13)17-20-16/h3-4,7-8,12H,2,5-6,9-11H2,1H3. The summed E-state index contributed by atoms with van der Waals surface area (Å²) < 4.78 is 5.31. The molecule has 0 N–H and O–H groups in total. The summed E-state index contributed by atoms with van der Waals surface area (Å²) in [5, 5.41) is 4.81. The topological polar surface area (TPSA) is 46.3 Å². The SMILES string of the molecule is CCC(CN1CCCC1)C(=O)c1onc2ccccc12. The number of fused-ring (bicyclic) bond motifs is 1. The number of carbonyl (C=O) groups is 1. The van der Waals surface area contributed by atoms with Crippen molar-refractivity contribution in [2.75, 3.05) is 19.6 Å². The molecule has 4 nitrogen and oxygen atoms in total. The molecule has 3 rings (SSSR count). The van der Waals surface area contributed by atoms with Gasteiger partial charge in [-0.25, -0.2) is 0 Å². The molecule has 1 aliphatic rings. The van der Waals surface area contributed by atoms with Gasteiger partial charge in [0.1, 0.15) is 5.52 Å². The average Bonchev–Trinajstić information content (AvgIpc) is 3.13. The van der Waals surface area contributed by atoms with Crippen molar-refractivity contribution in [1.82, 2.24) is 10.1 Å². The number of carbonyl (C=O) groups excluding carboxylic acids is 1. The van der Waals surface area contributed by atoms with Gasteiger partial charge in [-0.2, -0.15) is 0 Å². The third-order valence-electron chi connectivity index (χ3n) is 4.15. The zero-order valence-electron chi connectivity index (χ0n) is 11.8. The molecular weight excluding hydrogens is 252 g/mol. The lowest BCUT2D eigenvalue weighted by atomic mass is 9.97. The minimum Gasteiger partial charge on any atom is -0.352 e. The Labute approximate surface area is 118 Å². The number of hydrogen-bond donors (Lipinski definition) is 0. The van der Waals surface area contributed by atoms with Crippen LogP contribution in [0, 0.1) is 5.92 Å². The Hall–Kier alpha value is -1.68. The van der Waals surface area contributed by atoms with Crippen LogP contribution in [0.3, 0.4) is 0 Å². The van der Waals surface area contributed by atoms with Gasteiger partial charge in [-0.1, -0.05) is 24.2 Å². The minimum absolute atomic E-state index is 0.00413. The summed E-state index contributed by atoms with van der Waals surface area (Å²) in [6.07, 6.45) is 3.33. The van der Waals surface area contributed by atoms with Crippen molar-refractivity contribution in [3.05, 3.63) is 30.0 Å². The van der Waals surface area contributed by atoms with Crippen LogP contribution in [0.25, 0.3) is 10.9 Å². The molecule has 4 heteroatoms. The molecule has 20 heavy (non-hydrogen) atoms. The van der Waals surface area contributed by atoms with Crippen molar-refractivity contribution in [2.45, 2.75) is 26.2 Å². The highest BCUT2D eigenvalue weighted by Gasteiger charge is 2.27. The van der Waals surface area contributed by atoms with Crippen LogP contribution in [0.5, 0.6) is 0 Å². The van der Waals surface area contributed by atoms with Gasteiger partial charge in [-0.15, -0.1) is 0 Å². The van der Waals surface area contributed by atoms with Crippen LogP contribution >= 0.6 is 0 Å².